The second-order valence-corrected chi connectivity index (χ2v) is 6.15. The van der Waals surface area contributed by atoms with Gasteiger partial charge >= 0.3 is 0 Å². The normalized spacial score (nSPS) is 24.4. The molecule has 0 radical (unpaired) electrons. The summed E-state index contributed by atoms with van der Waals surface area (Å²) in [7, 11) is 1.63. The van der Waals surface area contributed by atoms with Crippen LogP contribution in [0.5, 0.6) is 5.75 Å². The topological polar surface area (TPSA) is 58.6 Å². The molecule has 1 aromatic carbocycles. The predicted molar refractivity (Wildman–Crippen MR) is 82.5 cm³/mol. The summed E-state index contributed by atoms with van der Waals surface area (Å²) in [5.74, 6) is 1.46. The summed E-state index contributed by atoms with van der Waals surface area (Å²) in [4.78, 5) is 26.0. The van der Waals surface area contributed by atoms with Crippen molar-refractivity contribution in [3.05, 3.63) is 29.8 Å². The number of rotatable bonds is 3. The third kappa shape index (κ3) is 3.24. The van der Waals surface area contributed by atoms with Crippen LogP contribution in [0.1, 0.15) is 24.8 Å². The van der Waals surface area contributed by atoms with E-state index in [0.717, 1.165) is 30.7 Å². The summed E-state index contributed by atoms with van der Waals surface area (Å²) in [5, 5.41) is 3.06. The van der Waals surface area contributed by atoms with Crippen LogP contribution in [-0.2, 0) is 16.0 Å². The number of likely N-dealkylation sites (tertiary alicyclic amines) is 1. The van der Waals surface area contributed by atoms with Gasteiger partial charge in [0.05, 0.1) is 19.6 Å². The summed E-state index contributed by atoms with van der Waals surface area (Å²) in [6, 6.07) is 7.72. The minimum Gasteiger partial charge on any atom is -0.497 e. The SMILES string of the molecule is COc1ccc(CC(=O)N2C[C@H]3CCCC(=O)N[C@H]3C2)cc1. The summed E-state index contributed by atoms with van der Waals surface area (Å²) >= 11 is 0. The summed E-state index contributed by atoms with van der Waals surface area (Å²) in [6.07, 6.45) is 2.97. The lowest BCUT2D eigenvalue weighted by molar-refractivity contribution is -0.130. The Hall–Kier alpha value is -2.04. The first-order valence-corrected chi connectivity index (χ1v) is 7.86. The van der Waals surface area contributed by atoms with E-state index in [2.05, 4.69) is 5.32 Å². The number of fused-ring (bicyclic) bond motifs is 1. The largest absolute Gasteiger partial charge is 0.497 e. The van der Waals surface area contributed by atoms with E-state index in [9.17, 15) is 9.59 Å². The molecule has 0 aliphatic carbocycles. The number of hydrogen-bond donors (Lipinski definition) is 1. The summed E-state index contributed by atoms with van der Waals surface area (Å²) < 4.78 is 5.12. The van der Waals surface area contributed by atoms with E-state index < -0.39 is 0 Å². The predicted octanol–water partition coefficient (Wildman–Crippen LogP) is 1.36. The number of ether oxygens (including phenoxy) is 1. The van der Waals surface area contributed by atoms with E-state index in [1.165, 1.54) is 0 Å². The number of amides is 2. The third-order valence-corrected chi connectivity index (χ3v) is 4.63. The van der Waals surface area contributed by atoms with Crippen molar-refractivity contribution in [3.63, 3.8) is 0 Å². The van der Waals surface area contributed by atoms with Crippen molar-refractivity contribution in [3.8, 4) is 5.75 Å². The lowest BCUT2D eigenvalue weighted by Crippen LogP contribution is -2.39. The van der Waals surface area contributed by atoms with Gasteiger partial charge in [0, 0.05) is 19.5 Å². The number of carbonyl (C=O) groups excluding carboxylic acids is 2. The zero-order chi connectivity index (χ0) is 15.5. The van der Waals surface area contributed by atoms with Crippen molar-refractivity contribution < 1.29 is 14.3 Å². The molecule has 2 atom stereocenters. The molecular formula is C17H22N2O3. The van der Waals surface area contributed by atoms with E-state index in [0.29, 0.717) is 25.3 Å². The fourth-order valence-electron chi connectivity index (χ4n) is 3.36. The zero-order valence-electron chi connectivity index (χ0n) is 12.9. The number of benzene rings is 1. The molecule has 1 N–H and O–H groups in total. The average molecular weight is 302 g/mol. The van der Waals surface area contributed by atoms with Gasteiger partial charge in [0.1, 0.15) is 5.75 Å². The van der Waals surface area contributed by atoms with E-state index in [4.69, 9.17) is 4.74 Å². The lowest BCUT2D eigenvalue weighted by Gasteiger charge is -2.17. The minimum absolute atomic E-state index is 0.122. The van der Waals surface area contributed by atoms with Gasteiger partial charge in [-0.15, -0.1) is 0 Å². The number of nitrogens with zero attached hydrogens (tertiary/aromatic N) is 1. The Labute approximate surface area is 130 Å². The van der Waals surface area contributed by atoms with Crippen LogP contribution in [0.4, 0.5) is 0 Å². The van der Waals surface area contributed by atoms with E-state index in [1.807, 2.05) is 29.2 Å². The van der Waals surface area contributed by atoms with Crippen molar-refractivity contribution in [1.29, 1.82) is 0 Å². The fraction of sp³-hybridized carbons (Fsp3) is 0.529. The maximum Gasteiger partial charge on any atom is 0.227 e. The molecule has 2 saturated heterocycles. The Morgan fingerprint density at radius 1 is 1.32 bits per heavy atom. The standard InChI is InChI=1S/C17H22N2O3/c1-22-14-7-5-12(6-8-14)9-17(21)19-10-13-3-2-4-16(20)18-15(13)11-19/h5-8,13,15H,2-4,9-11H2,1H3,(H,18,20)/t13-,15+/m1/s1. The van der Waals surface area contributed by atoms with Gasteiger partial charge in [-0.05, 0) is 36.5 Å². The molecule has 5 nitrogen and oxygen atoms in total. The van der Waals surface area contributed by atoms with Crippen LogP contribution in [-0.4, -0.2) is 43.0 Å². The maximum absolute atomic E-state index is 12.5. The monoisotopic (exact) mass is 302 g/mol. The highest BCUT2D eigenvalue weighted by Gasteiger charge is 2.37. The number of hydrogen-bond acceptors (Lipinski definition) is 3. The molecule has 3 rings (SSSR count). The van der Waals surface area contributed by atoms with Crippen LogP contribution in [0.2, 0.25) is 0 Å². The van der Waals surface area contributed by atoms with Gasteiger partial charge in [0.15, 0.2) is 0 Å². The molecule has 2 aliphatic heterocycles. The quantitative estimate of drug-likeness (QED) is 0.917. The van der Waals surface area contributed by atoms with Crippen molar-refractivity contribution in [2.24, 2.45) is 5.92 Å². The molecule has 118 valence electrons. The molecule has 2 fully saturated rings. The van der Waals surface area contributed by atoms with Gasteiger partial charge in [-0.3, -0.25) is 9.59 Å². The summed E-state index contributed by atoms with van der Waals surface area (Å²) in [6.45, 7) is 1.41. The van der Waals surface area contributed by atoms with Crippen molar-refractivity contribution in [2.45, 2.75) is 31.7 Å². The van der Waals surface area contributed by atoms with Crippen LogP contribution in [0.15, 0.2) is 24.3 Å². The Kier molecular flexibility index (Phi) is 4.32. The molecule has 0 unspecified atom stereocenters. The van der Waals surface area contributed by atoms with Gasteiger partial charge in [-0.25, -0.2) is 0 Å². The minimum atomic E-state index is 0.122. The Morgan fingerprint density at radius 3 is 2.82 bits per heavy atom. The highest BCUT2D eigenvalue weighted by molar-refractivity contribution is 5.80. The number of nitrogens with one attached hydrogen (secondary N) is 1. The van der Waals surface area contributed by atoms with Crippen LogP contribution in [0.3, 0.4) is 0 Å². The van der Waals surface area contributed by atoms with Gasteiger partial charge in [0.25, 0.3) is 0 Å². The van der Waals surface area contributed by atoms with Gasteiger partial charge in [-0.2, -0.15) is 0 Å². The first-order chi connectivity index (χ1) is 10.7. The van der Waals surface area contributed by atoms with Crippen LogP contribution in [0, 0.1) is 5.92 Å². The van der Waals surface area contributed by atoms with Crippen molar-refractivity contribution in [1.82, 2.24) is 10.2 Å². The Morgan fingerprint density at radius 2 is 2.09 bits per heavy atom. The van der Waals surface area contributed by atoms with Crippen LogP contribution >= 0.6 is 0 Å². The number of carbonyl (C=O) groups is 2. The molecule has 0 bridgehead atoms. The summed E-state index contributed by atoms with van der Waals surface area (Å²) in [5.41, 5.74) is 0.988. The lowest BCUT2D eigenvalue weighted by atomic mass is 9.99. The molecular weight excluding hydrogens is 280 g/mol. The molecule has 2 amide bonds. The third-order valence-electron chi connectivity index (χ3n) is 4.63. The molecule has 5 heteroatoms. The smallest absolute Gasteiger partial charge is 0.227 e. The maximum atomic E-state index is 12.5. The molecule has 0 spiro atoms. The van der Waals surface area contributed by atoms with Crippen LogP contribution < -0.4 is 10.1 Å². The molecule has 0 saturated carbocycles. The number of methoxy groups -OCH3 is 1. The highest BCUT2D eigenvalue weighted by Crippen LogP contribution is 2.25. The zero-order valence-corrected chi connectivity index (χ0v) is 12.9. The highest BCUT2D eigenvalue weighted by atomic mass is 16.5. The van der Waals surface area contributed by atoms with E-state index in [1.54, 1.807) is 7.11 Å². The second-order valence-electron chi connectivity index (χ2n) is 6.15. The van der Waals surface area contributed by atoms with E-state index in [-0.39, 0.29) is 17.9 Å². The Bertz CT molecular complexity index is 556. The van der Waals surface area contributed by atoms with Gasteiger partial charge < -0.3 is 15.0 Å². The van der Waals surface area contributed by atoms with Gasteiger partial charge in [0.2, 0.25) is 11.8 Å². The second kappa shape index (κ2) is 6.38. The Balaban J connectivity index is 1.60. The molecule has 2 aliphatic rings. The van der Waals surface area contributed by atoms with E-state index >= 15 is 0 Å². The average Bonchev–Trinajstić information content (AvgIpc) is 2.83. The molecule has 2 heterocycles. The first-order valence-electron chi connectivity index (χ1n) is 7.86. The fourth-order valence-corrected chi connectivity index (χ4v) is 3.36. The van der Waals surface area contributed by atoms with Crippen LogP contribution in [0.25, 0.3) is 0 Å². The van der Waals surface area contributed by atoms with Crippen molar-refractivity contribution >= 4 is 11.8 Å². The molecule has 0 aromatic heterocycles. The van der Waals surface area contributed by atoms with Crippen molar-refractivity contribution in [2.75, 3.05) is 20.2 Å². The first kappa shape index (κ1) is 14.9. The molecule has 22 heavy (non-hydrogen) atoms. The molecule has 1 aromatic rings. The van der Waals surface area contributed by atoms with Gasteiger partial charge in [-0.1, -0.05) is 12.1 Å².